The monoisotopic (exact) mass is 282 g/mol. The highest BCUT2D eigenvalue weighted by atomic mass is 16.4. The zero-order valence-electron chi connectivity index (χ0n) is 12.4. The molecule has 2 N–H and O–H groups in total. The number of rotatable bonds is 4. The maximum Gasteiger partial charge on any atom is 0.311 e. The Hall–Kier alpha value is -1.10. The summed E-state index contributed by atoms with van der Waals surface area (Å²) in [6.07, 6.45) is 4.78. The molecule has 1 amide bonds. The number of nitrogens with one attached hydrogen (secondary N) is 1. The van der Waals surface area contributed by atoms with Crippen molar-refractivity contribution >= 4 is 11.9 Å². The molecule has 2 fully saturated rings. The smallest absolute Gasteiger partial charge is 0.311 e. The average Bonchev–Trinajstić information content (AvgIpc) is 2.48. The van der Waals surface area contributed by atoms with Crippen LogP contribution in [0.1, 0.15) is 45.4 Å². The third-order valence-corrected chi connectivity index (χ3v) is 4.76. The van der Waals surface area contributed by atoms with Crippen LogP contribution in [0.2, 0.25) is 0 Å². The highest BCUT2D eigenvalue weighted by Gasteiger charge is 2.43. The first-order chi connectivity index (χ1) is 9.59. The van der Waals surface area contributed by atoms with E-state index in [0.29, 0.717) is 19.4 Å². The van der Waals surface area contributed by atoms with Gasteiger partial charge >= 0.3 is 5.97 Å². The number of carbonyl (C=O) groups excluding carboxylic acids is 1. The number of piperidine rings is 2. The second-order valence-electron chi connectivity index (χ2n) is 6.22. The summed E-state index contributed by atoms with van der Waals surface area (Å²) in [5.74, 6) is -0.474. The Morgan fingerprint density at radius 2 is 2.05 bits per heavy atom. The summed E-state index contributed by atoms with van der Waals surface area (Å²) < 4.78 is 0. The minimum absolute atomic E-state index is 0.0856. The molecule has 114 valence electrons. The highest BCUT2D eigenvalue weighted by Crippen LogP contribution is 2.36. The van der Waals surface area contributed by atoms with E-state index in [0.717, 1.165) is 45.3 Å². The summed E-state index contributed by atoms with van der Waals surface area (Å²) in [5.41, 5.74) is -0.713. The van der Waals surface area contributed by atoms with Gasteiger partial charge in [-0.1, -0.05) is 13.3 Å². The van der Waals surface area contributed by atoms with Crippen molar-refractivity contribution in [2.75, 3.05) is 26.2 Å². The van der Waals surface area contributed by atoms with Crippen LogP contribution < -0.4 is 5.32 Å². The van der Waals surface area contributed by atoms with Gasteiger partial charge in [-0.05, 0) is 45.2 Å². The van der Waals surface area contributed by atoms with Gasteiger partial charge in [0.2, 0.25) is 5.91 Å². The number of carbonyl (C=O) groups is 2. The molecule has 2 rings (SSSR count). The lowest BCUT2D eigenvalue weighted by molar-refractivity contribution is -0.156. The Kier molecular flexibility index (Phi) is 5.02. The maximum atomic E-state index is 12.6. The molecule has 20 heavy (non-hydrogen) atoms. The molecule has 0 spiro atoms. The van der Waals surface area contributed by atoms with E-state index in [4.69, 9.17) is 0 Å². The van der Waals surface area contributed by atoms with Crippen molar-refractivity contribution in [2.24, 2.45) is 11.3 Å². The molecule has 0 radical (unpaired) electrons. The molecule has 0 bridgehead atoms. The SMILES string of the molecule is CCCC1(C(=O)O)CCCN(C(=O)C2CCNCC2)C1. The van der Waals surface area contributed by atoms with Crippen molar-refractivity contribution in [1.29, 1.82) is 0 Å². The van der Waals surface area contributed by atoms with Crippen LogP contribution in [0.25, 0.3) is 0 Å². The van der Waals surface area contributed by atoms with Crippen molar-refractivity contribution in [3.63, 3.8) is 0 Å². The molecule has 0 aliphatic carbocycles. The summed E-state index contributed by atoms with van der Waals surface area (Å²) in [6.45, 7) is 4.92. The zero-order chi connectivity index (χ0) is 14.6. The van der Waals surface area contributed by atoms with Crippen molar-refractivity contribution in [3.05, 3.63) is 0 Å². The Balaban J connectivity index is 2.04. The molecule has 2 aliphatic heterocycles. The molecule has 0 saturated carbocycles. The molecule has 2 saturated heterocycles. The van der Waals surface area contributed by atoms with E-state index < -0.39 is 11.4 Å². The van der Waals surface area contributed by atoms with E-state index in [1.165, 1.54) is 0 Å². The predicted octanol–water partition coefficient (Wildman–Crippen LogP) is 1.48. The maximum absolute atomic E-state index is 12.6. The fraction of sp³-hybridized carbons (Fsp3) is 0.867. The number of hydrogen-bond donors (Lipinski definition) is 2. The fourth-order valence-corrected chi connectivity index (χ4v) is 3.61. The van der Waals surface area contributed by atoms with E-state index in [-0.39, 0.29) is 11.8 Å². The molecule has 2 heterocycles. The lowest BCUT2D eigenvalue weighted by atomic mass is 9.76. The molecular weight excluding hydrogens is 256 g/mol. The summed E-state index contributed by atoms with van der Waals surface area (Å²) >= 11 is 0. The van der Waals surface area contributed by atoms with E-state index in [1.807, 2.05) is 11.8 Å². The van der Waals surface area contributed by atoms with Gasteiger partial charge in [0, 0.05) is 19.0 Å². The Labute approximate surface area is 120 Å². The molecule has 1 unspecified atom stereocenters. The number of nitrogens with zero attached hydrogens (tertiary/aromatic N) is 1. The number of hydrogen-bond acceptors (Lipinski definition) is 3. The van der Waals surface area contributed by atoms with Crippen LogP contribution in [0.3, 0.4) is 0 Å². The Morgan fingerprint density at radius 1 is 1.35 bits per heavy atom. The molecule has 2 aliphatic rings. The van der Waals surface area contributed by atoms with Crippen molar-refractivity contribution < 1.29 is 14.7 Å². The molecule has 0 aromatic carbocycles. The summed E-state index contributed by atoms with van der Waals surface area (Å²) in [5, 5.41) is 12.8. The van der Waals surface area contributed by atoms with Crippen molar-refractivity contribution in [1.82, 2.24) is 10.2 Å². The minimum Gasteiger partial charge on any atom is -0.481 e. The van der Waals surface area contributed by atoms with Crippen LogP contribution in [0.5, 0.6) is 0 Å². The topological polar surface area (TPSA) is 69.6 Å². The molecular formula is C15H26N2O3. The number of carboxylic acid groups (broad SMARTS) is 1. The van der Waals surface area contributed by atoms with Gasteiger partial charge in [0.1, 0.15) is 0 Å². The lowest BCUT2D eigenvalue weighted by Gasteiger charge is -2.41. The zero-order valence-corrected chi connectivity index (χ0v) is 12.4. The first-order valence-corrected chi connectivity index (χ1v) is 7.82. The number of likely N-dealkylation sites (tertiary alicyclic amines) is 1. The van der Waals surface area contributed by atoms with E-state index >= 15 is 0 Å². The standard InChI is InChI=1S/C15H26N2O3/c1-2-6-15(14(19)20)7-3-10-17(11-15)13(18)12-4-8-16-9-5-12/h12,16H,2-11H2,1H3,(H,19,20). The molecule has 1 atom stereocenters. The predicted molar refractivity (Wildman–Crippen MR) is 76.4 cm³/mol. The molecule has 5 heteroatoms. The summed E-state index contributed by atoms with van der Waals surface area (Å²) in [7, 11) is 0. The van der Waals surface area contributed by atoms with Crippen LogP contribution in [0, 0.1) is 11.3 Å². The van der Waals surface area contributed by atoms with Crippen LogP contribution in [-0.4, -0.2) is 48.1 Å². The molecule has 0 aromatic rings. The van der Waals surface area contributed by atoms with Crippen molar-refractivity contribution in [3.8, 4) is 0 Å². The van der Waals surface area contributed by atoms with Gasteiger partial charge in [-0.15, -0.1) is 0 Å². The normalized spacial score (nSPS) is 28.4. The highest BCUT2D eigenvalue weighted by molar-refractivity contribution is 5.81. The summed E-state index contributed by atoms with van der Waals surface area (Å²) in [6, 6.07) is 0. The van der Waals surface area contributed by atoms with Crippen LogP contribution in [-0.2, 0) is 9.59 Å². The molecule has 0 aromatic heterocycles. The number of carboxylic acids is 1. The average molecular weight is 282 g/mol. The lowest BCUT2D eigenvalue weighted by Crippen LogP contribution is -2.52. The first kappa shape index (κ1) is 15.3. The second kappa shape index (κ2) is 6.57. The minimum atomic E-state index is -0.734. The van der Waals surface area contributed by atoms with Crippen LogP contribution in [0.15, 0.2) is 0 Å². The second-order valence-corrected chi connectivity index (χ2v) is 6.22. The van der Waals surface area contributed by atoms with Gasteiger partial charge in [-0.25, -0.2) is 0 Å². The van der Waals surface area contributed by atoms with Gasteiger partial charge in [-0.3, -0.25) is 9.59 Å². The number of amides is 1. The van der Waals surface area contributed by atoms with Gasteiger partial charge in [0.05, 0.1) is 5.41 Å². The van der Waals surface area contributed by atoms with E-state index in [1.54, 1.807) is 0 Å². The van der Waals surface area contributed by atoms with Crippen LogP contribution >= 0.6 is 0 Å². The Morgan fingerprint density at radius 3 is 2.65 bits per heavy atom. The number of aliphatic carboxylic acids is 1. The molecule has 5 nitrogen and oxygen atoms in total. The van der Waals surface area contributed by atoms with Crippen LogP contribution in [0.4, 0.5) is 0 Å². The van der Waals surface area contributed by atoms with Gasteiger partial charge in [-0.2, -0.15) is 0 Å². The largest absolute Gasteiger partial charge is 0.481 e. The van der Waals surface area contributed by atoms with Gasteiger partial charge in [0.25, 0.3) is 0 Å². The first-order valence-electron chi connectivity index (χ1n) is 7.82. The summed E-state index contributed by atoms with van der Waals surface area (Å²) in [4.78, 5) is 26.1. The van der Waals surface area contributed by atoms with Gasteiger partial charge < -0.3 is 15.3 Å². The quantitative estimate of drug-likeness (QED) is 0.819. The Bertz CT molecular complexity index is 362. The van der Waals surface area contributed by atoms with Gasteiger partial charge in [0.15, 0.2) is 0 Å². The fourth-order valence-electron chi connectivity index (χ4n) is 3.61. The van der Waals surface area contributed by atoms with E-state index in [9.17, 15) is 14.7 Å². The van der Waals surface area contributed by atoms with E-state index in [2.05, 4.69) is 5.32 Å². The third-order valence-electron chi connectivity index (χ3n) is 4.76. The van der Waals surface area contributed by atoms with Crippen molar-refractivity contribution in [2.45, 2.75) is 45.4 Å². The third kappa shape index (κ3) is 3.14.